The van der Waals surface area contributed by atoms with Gasteiger partial charge in [-0.15, -0.1) is 0 Å². The summed E-state index contributed by atoms with van der Waals surface area (Å²) in [6.45, 7) is 4.41. The van der Waals surface area contributed by atoms with Gasteiger partial charge in [0.15, 0.2) is 11.5 Å². The zero-order valence-corrected chi connectivity index (χ0v) is 10.6. The zero-order valence-electron chi connectivity index (χ0n) is 10.6. The highest BCUT2D eigenvalue weighted by atomic mass is 16.5. The molecule has 0 aliphatic heterocycles. The van der Waals surface area contributed by atoms with E-state index in [0.29, 0.717) is 6.61 Å². The Kier molecular flexibility index (Phi) is 4.24. The normalized spacial score (nSPS) is 10.1. The van der Waals surface area contributed by atoms with E-state index in [0.717, 1.165) is 29.0 Å². The van der Waals surface area contributed by atoms with E-state index < -0.39 is 0 Å². The maximum absolute atomic E-state index is 5.80. The molecule has 0 fully saturated rings. The molecule has 2 rings (SSSR count). The maximum Gasteiger partial charge on any atom is 0.161 e. The molecule has 0 amide bonds. The summed E-state index contributed by atoms with van der Waals surface area (Å²) in [5.41, 5.74) is 2.28. The first-order chi connectivity index (χ1) is 8.83. The number of ether oxygens (including phenoxy) is 2. The molecule has 2 heteroatoms. The smallest absolute Gasteiger partial charge is 0.161 e. The highest BCUT2D eigenvalue weighted by Gasteiger charge is 2.05. The van der Waals surface area contributed by atoms with Crippen molar-refractivity contribution in [2.24, 2.45) is 0 Å². The van der Waals surface area contributed by atoms with Crippen LogP contribution in [0.2, 0.25) is 0 Å². The topological polar surface area (TPSA) is 18.5 Å². The lowest BCUT2D eigenvalue weighted by Crippen LogP contribution is -1.98. The van der Waals surface area contributed by atoms with Gasteiger partial charge in [-0.3, -0.25) is 0 Å². The Balaban J connectivity index is 2.12. The van der Waals surface area contributed by atoms with E-state index in [2.05, 4.69) is 6.92 Å². The van der Waals surface area contributed by atoms with Crippen molar-refractivity contribution in [1.29, 1.82) is 0 Å². The number of hydrogen-bond donors (Lipinski definition) is 0. The molecule has 0 aromatic heterocycles. The van der Waals surface area contributed by atoms with Crippen LogP contribution in [0.4, 0.5) is 0 Å². The number of rotatable bonds is 5. The highest BCUT2D eigenvalue weighted by Crippen LogP contribution is 2.28. The Morgan fingerprint density at radius 3 is 2.39 bits per heavy atom. The van der Waals surface area contributed by atoms with Crippen LogP contribution in [0.3, 0.4) is 0 Å². The van der Waals surface area contributed by atoms with E-state index in [1.54, 1.807) is 7.11 Å². The first kappa shape index (κ1) is 12.5. The van der Waals surface area contributed by atoms with Gasteiger partial charge in [0.25, 0.3) is 0 Å². The molecule has 0 saturated carbocycles. The molecule has 0 aliphatic carbocycles. The summed E-state index contributed by atoms with van der Waals surface area (Å²) in [6.07, 6.45) is 0.742. The van der Waals surface area contributed by atoms with E-state index in [4.69, 9.17) is 9.47 Å². The second-order valence-corrected chi connectivity index (χ2v) is 4.01. The Hall–Kier alpha value is -1.96. The lowest BCUT2D eigenvalue weighted by molar-refractivity contribution is 0.284. The number of hydrogen-bond acceptors (Lipinski definition) is 2. The molecule has 0 bridgehead atoms. The molecule has 0 spiro atoms. The Morgan fingerprint density at radius 2 is 1.72 bits per heavy atom. The maximum atomic E-state index is 5.80. The van der Waals surface area contributed by atoms with Crippen LogP contribution in [0.25, 0.3) is 0 Å². The first-order valence-corrected chi connectivity index (χ1v) is 5.96. The average Bonchev–Trinajstić information content (AvgIpc) is 2.45. The van der Waals surface area contributed by atoms with Crippen LogP contribution in [-0.4, -0.2) is 7.11 Å². The van der Waals surface area contributed by atoms with Gasteiger partial charge in [0, 0.05) is 0 Å². The molecule has 0 heterocycles. The molecule has 93 valence electrons. The number of methoxy groups -OCH3 is 1. The van der Waals surface area contributed by atoms with Crippen molar-refractivity contribution < 1.29 is 9.47 Å². The zero-order chi connectivity index (χ0) is 12.8. The van der Waals surface area contributed by atoms with Crippen LogP contribution >= 0.6 is 0 Å². The Morgan fingerprint density at radius 1 is 0.944 bits per heavy atom. The standard InChI is InChI=1S/C16H17O2/c1-3-13-9-10-15(17-2)16(11-13)18-12-14-7-5-4-6-8-14/h4-11H,1,3,12H2,2H3. The van der Waals surface area contributed by atoms with E-state index >= 15 is 0 Å². The van der Waals surface area contributed by atoms with Crippen LogP contribution in [0.15, 0.2) is 48.5 Å². The van der Waals surface area contributed by atoms with Gasteiger partial charge in [-0.2, -0.15) is 0 Å². The molecular formula is C16H17O2. The minimum Gasteiger partial charge on any atom is -0.493 e. The van der Waals surface area contributed by atoms with Crippen molar-refractivity contribution in [1.82, 2.24) is 0 Å². The van der Waals surface area contributed by atoms with E-state index in [9.17, 15) is 0 Å². The molecule has 0 N–H and O–H groups in total. The van der Waals surface area contributed by atoms with E-state index in [1.165, 1.54) is 0 Å². The lowest BCUT2D eigenvalue weighted by Gasteiger charge is -2.12. The average molecular weight is 241 g/mol. The van der Waals surface area contributed by atoms with Crippen molar-refractivity contribution in [2.45, 2.75) is 13.0 Å². The van der Waals surface area contributed by atoms with E-state index in [-0.39, 0.29) is 0 Å². The second kappa shape index (κ2) is 6.10. The molecule has 18 heavy (non-hydrogen) atoms. The van der Waals surface area contributed by atoms with Gasteiger partial charge in [0.2, 0.25) is 0 Å². The third-order valence-electron chi connectivity index (χ3n) is 2.75. The van der Waals surface area contributed by atoms with Crippen molar-refractivity contribution in [3.8, 4) is 11.5 Å². The summed E-state index contributed by atoms with van der Waals surface area (Å²) >= 11 is 0. The SMILES string of the molecule is [CH2]Cc1ccc(OC)c(OCc2ccccc2)c1. The van der Waals surface area contributed by atoms with Gasteiger partial charge in [-0.05, 0) is 36.6 Å². The Labute approximate surface area is 108 Å². The second-order valence-electron chi connectivity index (χ2n) is 4.01. The summed E-state index contributed by atoms with van der Waals surface area (Å²) < 4.78 is 11.1. The minimum atomic E-state index is 0.539. The quantitative estimate of drug-likeness (QED) is 0.795. The molecular weight excluding hydrogens is 224 g/mol. The third kappa shape index (κ3) is 3.04. The van der Waals surface area contributed by atoms with Gasteiger partial charge in [-0.1, -0.05) is 36.4 Å². The van der Waals surface area contributed by atoms with Crippen LogP contribution in [-0.2, 0) is 13.0 Å². The molecule has 0 unspecified atom stereocenters. The molecule has 2 nitrogen and oxygen atoms in total. The van der Waals surface area contributed by atoms with Crippen LogP contribution in [0.5, 0.6) is 11.5 Å². The molecule has 0 saturated heterocycles. The summed E-state index contributed by atoms with van der Waals surface area (Å²) in [7, 11) is 1.65. The third-order valence-corrected chi connectivity index (χ3v) is 2.75. The van der Waals surface area contributed by atoms with Crippen molar-refractivity contribution in [3.63, 3.8) is 0 Å². The Bertz CT molecular complexity index is 492. The van der Waals surface area contributed by atoms with Crippen molar-refractivity contribution >= 4 is 0 Å². The summed E-state index contributed by atoms with van der Waals surface area (Å²) in [4.78, 5) is 0. The first-order valence-electron chi connectivity index (χ1n) is 5.96. The van der Waals surface area contributed by atoms with Crippen molar-refractivity contribution in [3.05, 3.63) is 66.6 Å². The van der Waals surface area contributed by atoms with Gasteiger partial charge in [0.1, 0.15) is 6.61 Å². The van der Waals surface area contributed by atoms with Crippen LogP contribution in [0, 0.1) is 6.92 Å². The summed E-state index contributed by atoms with van der Waals surface area (Å²) in [6, 6.07) is 16.0. The van der Waals surface area contributed by atoms with Crippen molar-refractivity contribution in [2.75, 3.05) is 7.11 Å². The van der Waals surface area contributed by atoms with Crippen LogP contribution < -0.4 is 9.47 Å². The van der Waals surface area contributed by atoms with E-state index in [1.807, 2.05) is 48.5 Å². The minimum absolute atomic E-state index is 0.539. The van der Waals surface area contributed by atoms with Crippen LogP contribution in [0.1, 0.15) is 11.1 Å². The number of benzene rings is 2. The predicted octanol–water partition coefficient (Wildman–Crippen LogP) is 3.65. The monoisotopic (exact) mass is 241 g/mol. The lowest BCUT2D eigenvalue weighted by atomic mass is 10.1. The fourth-order valence-corrected chi connectivity index (χ4v) is 1.72. The molecule has 2 aromatic rings. The van der Waals surface area contributed by atoms with Gasteiger partial charge in [-0.25, -0.2) is 0 Å². The summed E-state index contributed by atoms with van der Waals surface area (Å²) in [5.74, 6) is 1.52. The molecule has 1 radical (unpaired) electrons. The fourth-order valence-electron chi connectivity index (χ4n) is 1.72. The molecule has 0 atom stereocenters. The van der Waals surface area contributed by atoms with Gasteiger partial charge < -0.3 is 9.47 Å². The predicted molar refractivity (Wildman–Crippen MR) is 72.8 cm³/mol. The largest absolute Gasteiger partial charge is 0.493 e. The summed E-state index contributed by atoms with van der Waals surface area (Å²) in [5, 5.41) is 0. The van der Waals surface area contributed by atoms with Gasteiger partial charge in [0.05, 0.1) is 7.11 Å². The highest BCUT2D eigenvalue weighted by molar-refractivity contribution is 5.43. The molecule has 0 aliphatic rings. The fraction of sp³-hybridized carbons (Fsp3) is 0.188. The van der Waals surface area contributed by atoms with Gasteiger partial charge >= 0.3 is 0 Å². The molecule has 2 aromatic carbocycles.